The molecule has 0 aliphatic heterocycles. The third kappa shape index (κ3) is 4.92. The summed E-state index contributed by atoms with van der Waals surface area (Å²) in [5.41, 5.74) is 0. The molecule has 0 heterocycles. The summed E-state index contributed by atoms with van der Waals surface area (Å²) in [7, 11) is 0. The van der Waals surface area contributed by atoms with E-state index in [1.807, 2.05) is 18.2 Å². The first kappa shape index (κ1) is 12.9. The highest BCUT2D eigenvalue weighted by Crippen LogP contribution is 2.25. The lowest BCUT2D eigenvalue weighted by molar-refractivity contribution is 0.318. The zero-order valence-electron chi connectivity index (χ0n) is 9.32. The third-order valence-electron chi connectivity index (χ3n) is 2.30. The maximum absolute atomic E-state index is 6.29. The highest BCUT2D eigenvalue weighted by molar-refractivity contribution is 8.01. The van der Waals surface area contributed by atoms with Gasteiger partial charge in [-0.25, -0.2) is 0 Å². The molecule has 1 nitrogen and oxygen atoms in total. The summed E-state index contributed by atoms with van der Waals surface area (Å²) >= 11 is 8.02. The molecule has 0 spiro atoms. The average Bonchev–Trinajstić information content (AvgIpc) is 2.27. The summed E-state index contributed by atoms with van der Waals surface area (Å²) in [6.07, 6.45) is 0. The Morgan fingerprint density at radius 3 is 2.33 bits per heavy atom. The van der Waals surface area contributed by atoms with Crippen molar-refractivity contribution in [3.05, 3.63) is 30.3 Å². The molecule has 0 amide bonds. The van der Waals surface area contributed by atoms with E-state index in [1.54, 1.807) is 11.8 Å². The number of halogens is 1. The molecular formula is C12H18ClNS. The standard InChI is InChI=1S/C12H18ClNS/c1-3-14(4-2)10-12(13)15-11-8-6-5-7-9-11/h5-9,12H,3-4,10H2,1-2H3. The number of hydrogen-bond acceptors (Lipinski definition) is 2. The maximum Gasteiger partial charge on any atom is 0.0962 e. The third-order valence-corrected chi connectivity index (χ3v) is 3.66. The van der Waals surface area contributed by atoms with E-state index >= 15 is 0 Å². The fraction of sp³-hybridized carbons (Fsp3) is 0.500. The summed E-state index contributed by atoms with van der Waals surface area (Å²) in [6.45, 7) is 7.40. The second-order valence-corrected chi connectivity index (χ2v) is 5.39. The van der Waals surface area contributed by atoms with Crippen molar-refractivity contribution in [2.24, 2.45) is 0 Å². The Hall–Kier alpha value is -0.180. The quantitative estimate of drug-likeness (QED) is 0.554. The molecule has 1 rings (SSSR count). The predicted molar refractivity (Wildman–Crippen MR) is 69.7 cm³/mol. The van der Waals surface area contributed by atoms with Gasteiger partial charge in [0.2, 0.25) is 0 Å². The first-order chi connectivity index (χ1) is 7.26. The van der Waals surface area contributed by atoms with Crippen LogP contribution < -0.4 is 0 Å². The fourth-order valence-corrected chi connectivity index (χ4v) is 2.77. The van der Waals surface area contributed by atoms with Crippen molar-refractivity contribution in [3.63, 3.8) is 0 Å². The van der Waals surface area contributed by atoms with E-state index in [4.69, 9.17) is 11.6 Å². The Morgan fingerprint density at radius 2 is 1.80 bits per heavy atom. The molecule has 84 valence electrons. The number of alkyl halides is 1. The molecule has 1 atom stereocenters. The molecule has 0 saturated heterocycles. The van der Waals surface area contributed by atoms with Gasteiger partial charge in [-0.15, -0.1) is 23.4 Å². The number of rotatable bonds is 6. The Labute approximate surface area is 102 Å². The van der Waals surface area contributed by atoms with Crippen molar-refractivity contribution in [1.82, 2.24) is 4.90 Å². The van der Waals surface area contributed by atoms with Gasteiger partial charge < -0.3 is 4.90 Å². The van der Waals surface area contributed by atoms with Crippen LogP contribution in [0.4, 0.5) is 0 Å². The molecule has 1 aromatic carbocycles. The summed E-state index contributed by atoms with van der Waals surface area (Å²) in [5.74, 6) is 0. The van der Waals surface area contributed by atoms with Crippen molar-refractivity contribution in [3.8, 4) is 0 Å². The van der Waals surface area contributed by atoms with E-state index in [0.717, 1.165) is 19.6 Å². The van der Waals surface area contributed by atoms with Crippen LogP contribution in [-0.4, -0.2) is 29.2 Å². The second-order valence-electron chi connectivity index (χ2n) is 3.33. The summed E-state index contributed by atoms with van der Waals surface area (Å²) in [4.78, 5) is 3.58. The van der Waals surface area contributed by atoms with Crippen molar-refractivity contribution in [2.75, 3.05) is 19.6 Å². The molecule has 1 aromatic rings. The van der Waals surface area contributed by atoms with Gasteiger partial charge in [-0.05, 0) is 25.2 Å². The van der Waals surface area contributed by atoms with Crippen LogP contribution in [0.5, 0.6) is 0 Å². The highest BCUT2D eigenvalue weighted by atomic mass is 35.5. The molecule has 0 aromatic heterocycles. The van der Waals surface area contributed by atoms with Gasteiger partial charge in [-0.1, -0.05) is 32.0 Å². The largest absolute Gasteiger partial charge is 0.302 e. The molecule has 0 fully saturated rings. The zero-order chi connectivity index (χ0) is 11.1. The minimum atomic E-state index is 0.132. The van der Waals surface area contributed by atoms with Crippen LogP contribution in [0.2, 0.25) is 0 Å². The molecule has 1 unspecified atom stereocenters. The van der Waals surface area contributed by atoms with Crippen molar-refractivity contribution in [1.29, 1.82) is 0 Å². The zero-order valence-corrected chi connectivity index (χ0v) is 10.9. The van der Waals surface area contributed by atoms with Crippen LogP contribution in [0.1, 0.15) is 13.8 Å². The van der Waals surface area contributed by atoms with E-state index in [2.05, 4.69) is 30.9 Å². The lowest BCUT2D eigenvalue weighted by atomic mass is 10.4. The number of thioether (sulfide) groups is 1. The molecule has 0 aliphatic carbocycles. The monoisotopic (exact) mass is 243 g/mol. The van der Waals surface area contributed by atoms with E-state index in [-0.39, 0.29) is 4.71 Å². The Bertz CT molecular complexity index is 262. The van der Waals surface area contributed by atoms with Gasteiger partial charge in [-0.3, -0.25) is 0 Å². The number of benzene rings is 1. The Balaban J connectivity index is 2.39. The van der Waals surface area contributed by atoms with Crippen molar-refractivity contribution >= 4 is 23.4 Å². The van der Waals surface area contributed by atoms with Crippen LogP contribution in [0.3, 0.4) is 0 Å². The lowest BCUT2D eigenvalue weighted by Gasteiger charge is -2.20. The Kier molecular flexibility index (Phi) is 6.15. The SMILES string of the molecule is CCN(CC)CC(Cl)Sc1ccccc1. The van der Waals surface area contributed by atoms with Crippen LogP contribution >= 0.6 is 23.4 Å². The fourth-order valence-electron chi connectivity index (χ4n) is 1.37. The lowest BCUT2D eigenvalue weighted by Crippen LogP contribution is -2.28. The van der Waals surface area contributed by atoms with Crippen LogP contribution in [0, 0.1) is 0 Å². The van der Waals surface area contributed by atoms with Gasteiger partial charge in [0.05, 0.1) is 4.71 Å². The predicted octanol–water partition coefficient (Wildman–Crippen LogP) is 3.69. The first-order valence-electron chi connectivity index (χ1n) is 5.34. The van der Waals surface area contributed by atoms with Crippen molar-refractivity contribution in [2.45, 2.75) is 23.5 Å². The molecule has 0 bridgehead atoms. The highest BCUT2D eigenvalue weighted by Gasteiger charge is 2.10. The average molecular weight is 244 g/mol. The van der Waals surface area contributed by atoms with Crippen LogP contribution in [0.25, 0.3) is 0 Å². The van der Waals surface area contributed by atoms with Gasteiger partial charge >= 0.3 is 0 Å². The van der Waals surface area contributed by atoms with Crippen molar-refractivity contribution < 1.29 is 0 Å². The molecule has 0 radical (unpaired) electrons. The molecule has 15 heavy (non-hydrogen) atoms. The summed E-state index contributed by atoms with van der Waals surface area (Å²) in [5, 5.41) is 0. The second kappa shape index (κ2) is 7.15. The van der Waals surface area contributed by atoms with E-state index in [1.165, 1.54) is 4.90 Å². The van der Waals surface area contributed by atoms with E-state index < -0.39 is 0 Å². The molecule has 0 saturated carbocycles. The number of hydrogen-bond donors (Lipinski definition) is 0. The molecule has 3 heteroatoms. The molecule has 0 N–H and O–H groups in total. The minimum Gasteiger partial charge on any atom is -0.302 e. The van der Waals surface area contributed by atoms with Gasteiger partial charge in [0, 0.05) is 11.4 Å². The summed E-state index contributed by atoms with van der Waals surface area (Å²) < 4.78 is 0.132. The van der Waals surface area contributed by atoms with Gasteiger partial charge in [0.1, 0.15) is 0 Å². The Morgan fingerprint density at radius 1 is 1.20 bits per heavy atom. The number of nitrogens with zero attached hydrogens (tertiary/aromatic N) is 1. The topological polar surface area (TPSA) is 3.24 Å². The first-order valence-corrected chi connectivity index (χ1v) is 6.66. The minimum absolute atomic E-state index is 0.132. The van der Waals surface area contributed by atoms with E-state index in [9.17, 15) is 0 Å². The van der Waals surface area contributed by atoms with Gasteiger partial charge in [0.15, 0.2) is 0 Å². The van der Waals surface area contributed by atoms with Crippen LogP contribution in [0.15, 0.2) is 35.2 Å². The normalized spacial score (nSPS) is 13.1. The summed E-state index contributed by atoms with van der Waals surface area (Å²) in [6, 6.07) is 10.3. The van der Waals surface area contributed by atoms with Gasteiger partial charge in [-0.2, -0.15) is 0 Å². The smallest absolute Gasteiger partial charge is 0.0962 e. The van der Waals surface area contributed by atoms with E-state index in [0.29, 0.717) is 0 Å². The molecular weight excluding hydrogens is 226 g/mol. The maximum atomic E-state index is 6.29. The molecule has 0 aliphatic rings. The van der Waals surface area contributed by atoms with Gasteiger partial charge in [0.25, 0.3) is 0 Å². The van der Waals surface area contributed by atoms with Crippen LogP contribution in [-0.2, 0) is 0 Å².